The van der Waals surface area contributed by atoms with Gasteiger partial charge in [0, 0.05) is 0 Å². The second kappa shape index (κ2) is 4.26. The molecule has 4 nitrogen and oxygen atoms in total. The van der Waals surface area contributed by atoms with E-state index in [1.54, 1.807) is 0 Å². The Morgan fingerprint density at radius 2 is 2.06 bits per heavy atom. The van der Waals surface area contributed by atoms with Crippen LogP contribution in [0.25, 0.3) is 0 Å². The maximum absolute atomic E-state index is 11.6. The van der Waals surface area contributed by atoms with E-state index < -0.39 is 21.2 Å². The first-order valence-corrected chi connectivity index (χ1v) is 8.12. The lowest BCUT2D eigenvalue weighted by Crippen LogP contribution is -2.41. The van der Waals surface area contributed by atoms with Gasteiger partial charge in [-0.15, -0.1) is 0 Å². The van der Waals surface area contributed by atoms with Crippen LogP contribution in [0.4, 0.5) is 0 Å². The van der Waals surface area contributed by atoms with E-state index >= 15 is 0 Å². The quantitative estimate of drug-likeness (QED) is 0.820. The van der Waals surface area contributed by atoms with Gasteiger partial charge in [-0.2, -0.15) is 0 Å². The molecular formula is C12H20O4S. The van der Waals surface area contributed by atoms with E-state index in [0.717, 1.165) is 25.7 Å². The van der Waals surface area contributed by atoms with Crippen LogP contribution < -0.4 is 0 Å². The molecule has 0 radical (unpaired) electrons. The van der Waals surface area contributed by atoms with Crippen molar-refractivity contribution < 1.29 is 18.3 Å². The Morgan fingerprint density at radius 1 is 1.35 bits per heavy atom. The van der Waals surface area contributed by atoms with E-state index in [4.69, 9.17) is 0 Å². The maximum Gasteiger partial charge on any atom is 0.310 e. The first-order chi connectivity index (χ1) is 7.86. The molecule has 2 rings (SSSR count). The van der Waals surface area contributed by atoms with E-state index in [0.29, 0.717) is 12.3 Å². The molecule has 0 spiro atoms. The number of aliphatic carboxylic acids is 1. The Labute approximate surface area is 102 Å². The predicted octanol–water partition coefficient (Wildman–Crippen LogP) is 1.70. The van der Waals surface area contributed by atoms with Gasteiger partial charge in [-0.3, -0.25) is 4.79 Å². The smallest absolute Gasteiger partial charge is 0.310 e. The minimum absolute atomic E-state index is 0.0426. The molecule has 0 aromatic rings. The summed E-state index contributed by atoms with van der Waals surface area (Å²) in [4.78, 5) is 11.6. The Bertz CT molecular complexity index is 414. The molecule has 3 unspecified atom stereocenters. The standard InChI is InChI=1S/C12H20O4S/c1-9-3-2-4-10(7-9)12(11(13)14)5-6-17(15,16)8-12/h9-10H,2-8H2,1H3,(H,13,14). The van der Waals surface area contributed by atoms with Crippen molar-refractivity contribution >= 4 is 15.8 Å². The maximum atomic E-state index is 11.6. The van der Waals surface area contributed by atoms with Crippen molar-refractivity contribution in [1.29, 1.82) is 0 Å². The zero-order chi connectivity index (χ0) is 12.7. The SMILES string of the molecule is CC1CCCC(C2(C(=O)O)CCS(=O)(=O)C2)C1. The molecule has 0 aromatic heterocycles. The predicted molar refractivity (Wildman–Crippen MR) is 64.5 cm³/mol. The monoisotopic (exact) mass is 260 g/mol. The van der Waals surface area contributed by atoms with Crippen LogP contribution in [0.1, 0.15) is 39.0 Å². The largest absolute Gasteiger partial charge is 0.481 e. The normalized spacial score (nSPS) is 41.2. The first kappa shape index (κ1) is 12.9. The van der Waals surface area contributed by atoms with Crippen LogP contribution in [0.2, 0.25) is 0 Å². The van der Waals surface area contributed by atoms with Gasteiger partial charge in [-0.25, -0.2) is 8.42 Å². The van der Waals surface area contributed by atoms with Crippen molar-refractivity contribution in [3.8, 4) is 0 Å². The molecular weight excluding hydrogens is 240 g/mol. The average molecular weight is 260 g/mol. The average Bonchev–Trinajstić information content (AvgIpc) is 2.56. The van der Waals surface area contributed by atoms with Crippen molar-refractivity contribution in [3.63, 3.8) is 0 Å². The molecule has 3 atom stereocenters. The van der Waals surface area contributed by atoms with Crippen LogP contribution in [0.15, 0.2) is 0 Å². The van der Waals surface area contributed by atoms with Crippen molar-refractivity contribution in [1.82, 2.24) is 0 Å². The molecule has 17 heavy (non-hydrogen) atoms. The summed E-state index contributed by atoms with van der Waals surface area (Å²) in [6, 6.07) is 0. The molecule has 2 aliphatic rings. The fourth-order valence-corrected chi connectivity index (χ4v) is 5.58. The summed E-state index contributed by atoms with van der Waals surface area (Å²) in [6.07, 6.45) is 4.20. The number of carboxylic acid groups (broad SMARTS) is 1. The fourth-order valence-electron chi connectivity index (χ4n) is 3.48. The third-order valence-corrected chi connectivity index (χ3v) is 6.26. The molecule has 0 aromatic carbocycles. The topological polar surface area (TPSA) is 71.4 Å². The summed E-state index contributed by atoms with van der Waals surface area (Å²) in [6.45, 7) is 2.13. The molecule has 1 saturated carbocycles. The Kier molecular flexibility index (Phi) is 3.23. The molecule has 0 amide bonds. The Balaban J connectivity index is 2.26. The number of hydrogen-bond donors (Lipinski definition) is 1. The fraction of sp³-hybridized carbons (Fsp3) is 0.917. The minimum atomic E-state index is -3.15. The zero-order valence-electron chi connectivity index (χ0n) is 10.2. The molecule has 1 N–H and O–H groups in total. The van der Waals surface area contributed by atoms with E-state index in [1.165, 1.54) is 0 Å². The van der Waals surface area contributed by atoms with Crippen LogP contribution in [-0.4, -0.2) is 31.0 Å². The van der Waals surface area contributed by atoms with E-state index in [2.05, 4.69) is 6.92 Å². The van der Waals surface area contributed by atoms with Crippen molar-refractivity contribution in [2.45, 2.75) is 39.0 Å². The summed E-state index contributed by atoms with van der Waals surface area (Å²) in [7, 11) is -3.15. The van der Waals surface area contributed by atoms with Crippen LogP contribution in [0, 0.1) is 17.3 Å². The summed E-state index contributed by atoms with van der Waals surface area (Å²) < 4.78 is 23.2. The first-order valence-electron chi connectivity index (χ1n) is 6.29. The highest BCUT2D eigenvalue weighted by Crippen LogP contribution is 2.47. The number of hydrogen-bond acceptors (Lipinski definition) is 3. The Morgan fingerprint density at radius 3 is 2.53 bits per heavy atom. The van der Waals surface area contributed by atoms with Gasteiger partial charge in [0.25, 0.3) is 0 Å². The highest BCUT2D eigenvalue weighted by molar-refractivity contribution is 7.91. The van der Waals surface area contributed by atoms with Crippen LogP contribution in [0.5, 0.6) is 0 Å². The van der Waals surface area contributed by atoms with Gasteiger partial charge in [0.05, 0.1) is 16.9 Å². The molecule has 1 aliphatic carbocycles. The van der Waals surface area contributed by atoms with Gasteiger partial charge >= 0.3 is 5.97 Å². The van der Waals surface area contributed by atoms with Gasteiger partial charge in [0.1, 0.15) is 0 Å². The third-order valence-electron chi connectivity index (χ3n) is 4.48. The van der Waals surface area contributed by atoms with Gasteiger partial charge in [-0.05, 0) is 31.1 Å². The molecule has 98 valence electrons. The van der Waals surface area contributed by atoms with Gasteiger partial charge in [-0.1, -0.05) is 19.8 Å². The highest BCUT2D eigenvalue weighted by Gasteiger charge is 2.53. The van der Waals surface area contributed by atoms with Crippen molar-refractivity contribution in [2.24, 2.45) is 17.3 Å². The molecule has 1 saturated heterocycles. The third kappa shape index (κ3) is 2.34. The molecule has 1 aliphatic heterocycles. The van der Waals surface area contributed by atoms with Gasteiger partial charge < -0.3 is 5.11 Å². The van der Waals surface area contributed by atoms with Crippen molar-refractivity contribution in [2.75, 3.05) is 11.5 Å². The summed E-state index contributed by atoms with van der Waals surface area (Å²) in [5.74, 6) is -0.441. The second-order valence-corrected chi connectivity index (χ2v) is 7.96. The molecule has 0 bridgehead atoms. The van der Waals surface area contributed by atoms with E-state index in [1.807, 2.05) is 0 Å². The number of carbonyl (C=O) groups is 1. The molecule has 5 heteroatoms. The number of sulfone groups is 1. The Hall–Kier alpha value is -0.580. The number of carboxylic acids is 1. The van der Waals surface area contributed by atoms with Crippen molar-refractivity contribution in [3.05, 3.63) is 0 Å². The van der Waals surface area contributed by atoms with Gasteiger partial charge in [0.2, 0.25) is 0 Å². The minimum Gasteiger partial charge on any atom is -0.481 e. The number of rotatable bonds is 2. The van der Waals surface area contributed by atoms with Crippen LogP contribution in [-0.2, 0) is 14.6 Å². The second-order valence-electron chi connectivity index (χ2n) is 5.77. The molecule has 1 heterocycles. The van der Waals surface area contributed by atoms with Crippen LogP contribution >= 0.6 is 0 Å². The lowest BCUT2D eigenvalue weighted by molar-refractivity contribution is -0.152. The van der Waals surface area contributed by atoms with Gasteiger partial charge in [0.15, 0.2) is 9.84 Å². The van der Waals surface area contributed by atoms with Crippen LogP contribution in [0.3, 0.4) is 0 Å². The lowest BCUT2D eigenvalue weighted by atomic mass is 9.66. The van der Waals surface area contributed by atoms with E-state index in [9.17, 15) is 18.3 Å². The van der Waals surface area contributed by atoms with E-state index in [-0.39, 0.29) is 17.4 Å². The summed E-state index contributed by atoms with van der Waals surface area (Å²) >= 11 is 0. The summed E-state index contributed by atoms with van der Waals surface area (Å²) in [5.41, 5.74) is -0.993. The lowest BCUT2D eigenvalue weighted by Gasteiger charge is -2.37. The highest BCUT2D eigenvalue weighted by atomic mass is 32.2. The molecule has 2 fully saturated rings. The summed E-state index contributed by atoms with van der Waals surface area (Å²) in [5, 5.41) is 9.47. The zero-order valence-corrected chi connectivity index (χ0v) is 11.0.